The molecule has 0 aliphatic carbocycles. The molecule has 0 radical (unpaired) electrons. The lowest BCUT2D eigenvalue weighted by Gasteiger charge is -2.26. The van der Waals surface area contributed by atoms with Crippen molar-refractivity contribution in [3.05, 3.63) is 0 Å². The van der Waals surface area contributed by atoms with Gasteiger partial charge < -0.3 is 9.47 Å². The van der Waals surface area contributed by atoms with Crippen LogP contribution in [0.1, 0.15) is 27.7 Å². The van der Waals surface area contributed by atoms with Crippen LogP contribution in [-0.4, -0.2) is 24.9 Å². The van der Waals surface area contributed by atoms with E-state index < -0.39 is 0 Å². The van der Waals surface area contributed by atoms with Crippen molar-refractivity contribution >= 4 is 0 Å². The van der Waals surface area contributed by atoms with Crippen LogP contribution in [0.2, 0.25) is 0 Å². The first kappa shape index (κ1) is 9.01. The lowest BCUT2D eigenvalue weighted by Crippen LogP contribution is -2.31. The molecule has 0 aromatic heterocycles. The van der Waals surface area contributed by atoms with Gasteiger partial charge in [0.1, 0.15) is 0 Å². The Morgan fingerprint density at radius 3 is 2.27 bits per heavy atom. The van der Waals surface area contributed by atoms with Crippen LogP contribution in [0.4, 0.5) is 0 Å². The molecule has 0 spiro atoms. The van der Waals surface area contributed by atoms with Crippen LogP contribution in [0, 0.1) is 5.92 Å². The van der Waals surface area contributed by atoms with Crippen LogP contribution in [0.5, 0.6) is 0 Å². The van der Waals surface area contributed by atoms with Gasteiger partial charge in [0.25, 0.3) is 0 Å². The topological polar surface area (TPSA) is 18.5 Å². The Morgan fingerprint density at radius 1 is 1.27 bits per heavy atom. The van der Waals surface area contributed by atoms with Gasteiger partial charge in [0.2, 0.25) is 0 Å². The lowest BCUT2D eigenvalue weighted by atomic mass is 10.1. The molecule has 1 heterocycles. The van der Waals surface area contributed by atoms with E-state index in [0.717, 1.165) is 13.2 Å². The maximum absolute atomic E-state index is 5.79. The van der Waals surface area contributed by atoms with E-state index in [1.54, 1.807) is 0 Å². The summed E-state index contributed by atoms with van der Waals surface area (Å²) in [7, 11) is 0. The minimum atomic E-state index is -0.0351. The SMILES string of the molecule is CC1COCC1OC(C)(C)C. The number of ether oxygens (including phenoxy) is 2. The van der Waals surface area contributed by atoms with Gasteiger partial charge in [-0.2, -0.15) is 0 Å². The summed E-state index contributed by atoms with van der Waals surface area (Å²) in [5.74, 6) is 0.550. The van der Waals surface area contributed by atoms with Gasteiger partial charge in [-0.05, 0) is 20.8 Å². The van der Waals surface area contributed by atoms with Crippen LogP contribution in [0.3, 0.4) is 0 Å². The zero-order valence-corrected chi connectivity index (χ0v) is 7.89. The highest BCUT2D eigenvalue weighted by molar-refractivity contribution is 4.75. The predicted molar refractivity (Wildman–Crippen MR) is 44.6 cm³/mol. The van der Waals surface area contributed by atoms with Crippen LogP contribution in [0.25, 0.3) is 0 Å². The van der Waals surface area contributed by atoms with Gasteiger partial charge in [-0.25, -0.2) is 0 Å². The van der Waals surface area contributed by atoms with Crippen molar-refractivity contribution in [1.82, 2.24) is 0 Å². The fourth-order valence-corrected chi connectivity index (χ4v) is 1.25. The molecule has 1 saturated heterocycles. The summed E-state index contributed by atoms with van der Waals surface area (Å²) in [4.78, 5) is 0. The molecule has 0 aromatic carbocycles. The third kappa shape index (κ3) is 2.80. The van der Waals surface area contributed by atoms with Gasteiger partial charge in [-0.15, -0.1) is 0 Å². The van der Waals surface area contributed by atoms with Gasteiger partial charge in [-0.3, -0.25) is 0 Å². The highest BCUT2D eigenvalue weighted by atomic mass is 16.6. The molecule has 66 valence electrons. The monoisotopic (exact) mass is 158 g/mol. The Hall–Kier alpha value is -0.0800. The van der Waals surface area contributed by atoms with E-state index in [4.69, 9.17) is 9.47 Å². The zero-order valence-electron chi connectivity index (χ0n) is 7.89. The fourth-order valence-electron chi connectivity index (χ4n) is 1.25. The maximum atomic E-state index is 5.79. The molecule has 1 aliphatic heterocycles. The molecular weight excluding hydrogens is 140 g/mol. The van der Waals surface area contributed by atoms with E-state index in [0.29, 0.717) is 12.0 Å². The summed E-state index contributed by atoms with van der Waals surface area (Å²) in [5.41, 5.74) is -0.0351. The summed E-state index contributed by atoms with van der Waals surface area (Å²) in [6, 6.07) is 0. The highest BCUT2D eigenvalue weighted by Crippen LogP contribution is 2.21. The van der Waals surface area contributed by atoms with E-state index in [-0.39, 0.29) is 5.60 Å². The molecule has 0 saturated carbocycles. The summed E-state index contributed by atoms with van der Waals surface area (Å²) in [6.45, 7) is 10.0. The first-order chi connectivity index (χ1) is 4.99. The summed E-state index contributed by atoms with van der Waals surface area (Å²) in [5, 5.41) is 0. The van der Waals surface area contributed by atoms with Gasteiger partial charge in [0.05, 0.1) is 24.9 Å². The Labute approximate surface area is 68.9 Å². The van der Waals surface area contributed by atoms with Crippen molar-refractivity contribution < 1.29 is 9.47 Å². The summed E-state index contributed by atoms with van der Waals surface area (Å²) >= 11 is 0. The number of hydrogen-bond acceptors (Lipinski definition) is 2. The Kier molecular flexibility index (Phi) is 2.55. The molecule has 0 N–H and O–H groups in total. The Bertz CT molecular complexity index is 126. The van der Waals surface area contributed by atoms with Crippen LogP contribution < -0.4 is 0 Å². The van der Waals surface area contributed by atoms with E-state index in [1.807, 2.05) is 0 Å². The van der Waals surface area contributed by atoms with Crippen molar-refractivity contribution in [1.29, 1.82) is 0 Å². The average Bonchev–Trinajstić information content (AvgIpc) is 2.12. The van der Waals surface area contributed by atoms with Crippen LogP contribution >= 0.6 is 0 Å². The van der Waals surface area contributed by atoms with E-state index in [1.165, 1.54) is 0 Å². The molecule has 2 heteroatoms. The molecule has 11 heavy (non-hydrogen) atoms. The van der Waals surface area contributed by atoms with Gasteiger partial charge in [0, 0.05) is 5.92 Å². The fraction of sp³-hybridized carbons (Fsp3) is 1.00. The maximum Gasteiger partial charge on any atom is 0.0862 e. The molecule has 0 bridgehead atoms. The van der Waals surface area contributed by atoms with E-state index in [9.17, 15) is 0 Å². The normalized spacial score (nSPS) is 32.7. The third-order valence-corrected chi connectivity index (χ3v) is 1.80. The van der Waals surface area contributed by atoms with Crippen molar-refractivity contribution in [3.8, 4) is 0 Å². The Balaban J connectivity index is 2.37. The zero-order chi connectivity index (χ0) is 8.48. The lowest BCUT2D eigenvalue weighted by molar-refractivity contribution is -0.0723. The van der Waals surface area contributed by atoms with Crippen molar-refractivity contribution in [2.24, 2.45) is 5.92 Å². The van der Waals surface area contributed by atoms with Gasteiger partial charge in [-0.1, -0.05) is 6.92 Å². The molecular formula is C9H18O2. The summed E-state index contributed by atoms with van der Waals surface area (Å²) < 4.78 is 11.1. The second-order valence-electron chi connectivity index (χ2n) is 4.28. The first-order valence-corrected chi connectivity index (χ1v) is 4.24. The van der Waals surface area contributed by atoms with Gasteiger partial charge >= 0.3 is 0 Å². The van der Waals surface area contributed by atoms with Crippen molar-refractivity contribution in [3.63, 3.8) is 0 Å². The smallest absolute Gasteiger partial charge is 0.0862 e. The molecule has 1 rings (SSSR count). The van der Waals surface area contributed by atoms with Crippen LogP contribution in [-0.2, 0) is 9.47 Å². The largest absolute Gasteiger partial charge is 0.378 e. The van der Waals surface area contributed by atoms with Crippen LogP contribution in [0.15, 0.2) is 0 Å². The average molecular weight is 158 g/mol. The Morgan fingerprint density at radius 2 is 1.91 bits per heavy atom. The highest BCUT2D eigenvalue weighted by Gasteiger charge is 2.28. The second kappa shape index (κ2) is 3.11. The molecule has 0 aromatic rings. The predicted octanol–water partition coefficient (Wildman–Crippen LogP) is 1.84. The molecule has 2 nitrogen and oxygen atoms in total. The van der Waals surface area contributed by atoms with Crippen molar-refractivity contribution in [2.75, 3.05) is 13.2 Å². The minimum absolute atomic E-state index is 0.0351. The first-order valence-electron chi connectivity index (χ1n) is 4.24. The molecule has 1 aliphatic rings. The second-order valence-corrected chi connectivity index (χ2v) is 4.28. The molecule has 2 unspecified atom stereocenters. The molecule has 0 amide bonds. The third-order valence-electron chi connectivity index (χ3n) is 1.80. The molecule has 2 atom stereocenters. The minimum Gasteiger partial charge on any atom is -0.378 e. The van der Waals surface area contributed by atoms with Crippen molar-refractivity contribution in [2.45, 2.75) is 39.4 Å². The quantitative estimate of drug-likeness (QED) is 0.579. The molecule has 1 fully saturated rings. The standard InChI is InChI=1S/C9H18O2/c1-7-5-10-6-8(7)11-9(2,3)4/h7-8H,5-6H2,1-4H3. The van der Waals surface area contributed by atoms with Gasteiger partial charge in [0.15, 0.2) is 0 Å². The van der Waals surface area contributed by atoms with E-state index in [2.05, 4.69) is 27.7 Å². The number of hydrogen-bond donors (Lipinski definition) is 0. The number of rotatable bonds is 1. The van der Waals surface area contributed by atoms with E-state index >= 15 is 0 Å². The summed E-state index contributed by atoms with van der Waals surface area (Å²) in [6.07, 6.45) is 0.301.